The summed E-state index contributed by atoms with van der Waals surface area (Å²) in [6.45, 7) is 5.17. The van der Waals surface area contributed by atoms with Gasteiger partial charge in [-0.25, -0.2) is 13.1 Å². The highest BCUT2D eigenvalue weighted by molar-refractivity contribution is 7.89. The number of hydrogen-bond acceptors (Lipinski definition) is 4. The molecule has 0 atom stereocenters. The molecular weight excluding hydrogens is 274 g/mol. The van der Waals surface area contributed by atoms with E-state index in [1.54, 1.807) is 18.2 Å². The molecular formula is C14H23N3O2S. The van der Waals surface area contributed by atoms with E-state index in [1.807, 2.05) is 6.92 Å². The Labute approximate surface area is 121 Å². The van der Waals surface area contributed by atoms with Crippen LogP contribution in [0.3, 0.4) is 0 Å². The van der Waals surface area contributed by atoms with Crippen molar-refractivity contribution in [3.63, 3.8) is 0 Å². The summed E-state index contributed by atoms with van der Waals surface area (Å²) in [6.07, 6.45) is 3.71. The van der Waals surface area contributed by atoms with Gasteiger partial charge in [0, 0.05) is 18.8 Å². The van der Waals surface area contributed by atoms with Gasteiger partial charge < -0.3 is 10.6 Å². The Morgan fingerprint density at radius 3 is 2.60 bits per heavy atom. The van der Waals surface area contributed by atoms with Crippen molar-refractivity contribution in [2.75, 3.05) is 31.9 Å². The monoisotopic (exact) mass is 297 g/mol. The molecule has 5 nitrogen and oxygen atoms in total. The predicted octanol–water partition coefficient (Wildman–Crippen LogP) is 1.34. The van der Waals surface area contributed by atoms with Crippen LogP contribution in [-0.2, 0) is 10.0 Å². The van der Waals surface area contributed by atoms with Crippen molar-refractivity contribution in [3.05, 3.63) is 23.8 Å². The minimum atomic E-state index is -3.43. The molecule has 0 unspecified atom stereocenters. The van der Waals surface area contributed by atoms with Gasteiger partial charge in [-0.05, 0) is 56.6 Å². The van der Waals surface area contributed by atoms with Gasteiger partial charge in [-0.15, -0.1) is 0 Å². The number of likely N-dealkylation sites (tertiary alicyclic amines) is 1. The first kappa shape index (κ1) is 15.3. The second kappa shape index (κ2) is 6.56. The fraction of sp³-hybridized carbons (Fsp3) is 0.571. The van der Waals surface area contributed by atoms with Crippen LogP contribution in [0, 0.1) is 6.92 Å². The number of nitrogens with zero attached hydrogens (tertiary/aromatic N) is 1. The van der Waals surface area contributed by atoms with E-state index < -0.39 is 10.0 Å². The SMILES string of the molecule is Cc1cc(S(=O)(=O)NCCN2CCCCC2)ccc1N. The molecule has 0 radical (unpaired) electrons. The van der Waals surface area contributed by atoms with Crippen molar-refractivity contribution < 1.29 is 8.42 Å². The Kier molecular flexibility index (Phi) is 5.01. The summed E-state index contributed by atoms with van der Waals surface area (Å²) in [6, 6.07) is 4.79. The third kappa shape index (κ3) is 3.94. The molecule has 1 aliphatic heterocycles. The zero-order valence-corrected chi connectivity index (χ0v) is 12.7. The number of nitrogen functional groups attached to an aromatic ring is 1. The molecule has 20 heavy (non-hydrogen) atoms. The highest BCUT2D eigenvalue weighted by Crippen LogP contribution is 2.16. The minimum Gasteiger partial charge on any atom is -0.399 e. The van der Waals surface area contributed by atoms with Gasteiger partial charge >= 0.3 is 0 Å². The summed E-state index contributed by atoms with van der Waals surface area (Å²) >= 11 is 0. The fourth-order valence-corrected chi connectivity index (χ4v) is 3.53. The molecule has 112 valence electrons. The van der Waals surface area contributed by atoms with Crippen molar-refractivity contribution in [1.29, 1.82) is 0 Å². The smallest absolute Gasteiger partial charge is 0.240 e. The summed E-state index contributed by atoms with van der Waals surface area (Å²) in [5.74, 6) is 0. The molecule has 1 saturated heterocycles. The summed E-state index contributed by atoms with van der Waals surface area (Å²) in [7, 11) is -3.43. The van der Waals surface area contributed by atoms with Gasteiger partial charge in [-0.3, -0.25) is 0 Å². The highest BCUT2D eigenvalue weighted by atomic mass is 32.2. The molecule has 3 N–H and O–H groups in total. The lowest BCUT2D eigenvalue weighted by Gasteiger charge is -2.26. The predicted molar refractivity (Wildman–Crippen MR) is 81.1 cm³/mol. The molecule has 1 heterocycles. The van der Waals surface area contributed by atoms with Gasteiger partial charge in [0.25, 0.3) is 0 Å². The molecule has 0 bridgehead atoms. The number of nitrogens with one attached hydrogen (secondary N) is 1. The second-order valence-electron chi connectivity index (χ2n) is 5.32. The van der Waals surface area contributed by atoms with Crippen LogP contribution in [-0.4, -0.2) is 39.5 Å². The molecule has 0 aliphatic carbocycles. The number of hydrogen-bond donors (Lipinski definition) is 2. The minimum absolute atomic E-state index is 0.280. The number of benzene rings is 1. The van der Waals surface area contributed by atoms with Gasteiger partial charge in [0.15, 0.2) is 0 Å². The van der Waals surface area contributed by atoms with Crippen molar-refractivity contribution in [2.24, 2.45) is 0 Å². The average molecular weight is 297 g/mol. The summed E-state index contributed by atoms with van der Waals surface area (Å²) in [4.78, 5) is 2.59. The molecule has 0 amide bonds. The van der Waals surface area contributed by atoms with E-state index in [9.17, 15) is 8.42 Å². The zero-order chi connectivity index (χ0) is 14.6. The molecule has 1 aromatic rings. The summed E-state index contributed by atoms with van der Waals surface area (Å²) in [5.41, 5.74) is 7.10. The second-order valence-corrected chi connectivity index (χ2v) is 7.09. The molecule has 1 aliphatic rings. The topological polar surface area (TPSA) is 75.4 Å². The Balaban J connectivity index is 1.91. The Morgan fingerprint density at radius 1 is 1.25 bits per heavy atom. The lowest BCUT2D eigenvalue weighted by Crippen LogP contribution is -2.37. The lowest BCUT2D eigenvalue weighted by molar-refractivity contribution is 0.233. The lowest BCUT2D eigenvalue weighted by atomic mass is 10.1. The third-order valence-corrected chi connectivity index (χ3v) is 5.18. The molecule has 1 aromatic carbocycles. The average Bonchev–Trinajstić information content (AvgIpc) is 2.43. The van der Waals surface area contributed by atoms with Crippen LogP contribution in [0.25, 0.3) is 0 Å². The van der Waals surface area contributed by atoms with Gasteiger partial charge in [-0.1, -0.05) is 6.42 Å². The quantitative estimate of drug-likeness (QED) is 0.804. The maximum absolute atomic E-state index is 12.2. The first-order chi connectivity index (χ1) is 9.49. The van der Waals surface area contributed by atoms with Gasteiger partial charge in [0.2, 0.25) is 10.0 Å². The number of piperidine rings is 1. The Hall–Kier alpha value is -1.11. The first-order valence-corrected chi connectivity index (χ1v) is 8.55. The molecule has 6 heteroatoms. The van der Waals surface area contributed by atoms with Crippen LogP contribution < -0.4 is 10.5 Å². The summed E-state index contributed by atoms with van der Waals surface area (Å²) < 4.78 is 27.0. The van der Waals surface area contributed by atoms with Crippen LogP contribution in [0.15, 0.2) is 23.1 Å². The van der Waals surface area contributed by atoms with E-state index in [-0.39, 0.29) is 4.90 Å². The van der Waals surface area contributed by atoms with E-state index in [1.165, 1.54) is 19.3 Å². The number of nitrogens with two attached hydrogens (primary N) is 1. The van der Waals surface area contributed by atoms with Crippen LogP contribution in [0.1, 0.15) is 24.8 Å². The number of anilines is 1. The molecule has 0 spiro atoms. The molecule has 0 saturated carbocycles. The maximum atomic E-state index is 12.2. The maximum Gasteiger partial charge on any atom is 0.240 e. The molecule has 2 rings (SSSR count). The Morgan fingerprint density at radius 2 is 1.95 bits per heavy atom. The van der Waals surface area contributed by atoms with Crippen LogP contribution in [0.5, 0.6) is 0 Å². The number of sulfonamides is 1. The number of aryl methyl sites for hydroxylation is 1. The van der Waals surface area contributed by atoms with E-state index in [0.29, 0.717) is 12.2 Å². The van der Waals surface area contributed by atoms with E-state index in [2.05, 4.69) is 9.62 Å². The zero-order valence-electron chi connectivity index (χ0n) is 11.9. The van der Waals surface area contributed by atoms with Crippen LogP contribution in [0.4, 0.5) is 5.69 Å². The standard InChI is InChI=1S/C14H23N3O2S/c1-12-11-13(5-6-14(12)15)20(18,19)16-7-10-17-8-3-2-4-9-17/h5-6,11,16H,2-4,7-10,15H2,1H3. The van der Waals surface area contributed by atoms with Gasteiger partial charge in [0.1, 0.15) is 0 Å². The third-order valence-electron chi connectivity index (χ3n) is 3.72. The van der Waals surface area contributed by atoms with Crippen molar-refractivity contribution in [3.8, 4) is 0 Å². The fourth-order valence-electron chi connectivity index (χ4n) is 2.42. The van der Waals surface area contributed by atoms with E-state index >= 15 is 0 Å². The van der Waals surface area contributed by atoms with E-state index in [4.69, 9.17) is 5.73 Å². The highest BCUT2D eigenvalue weighted by Gasteiger charge is 2.15. The van der Waals surface area contributed by atoms with Gasteiger partial charge in [0.05, 0.1) is 4.90 Å². The first-order valence-electron chi connectivity index (χ1n) is 7.07. The molecule has 1 fully saturated rings. The van der Waals surface area contributed by atoms with E-state index in [0.717, 1.165) is 25.2 Å². The van der Waals surface area contributed by atoms with Crippen molar-refractivity contribution in [2.45, 2.75) is 31.1 Å². The van der Waals surface area contributed by atoms with Crippen molar-refractivity contribution in [1.82, 2.24) is 9.62 Å². The summed E-state index contributed by atoms with van der Waals surface area (Å²) in [5, 5.41) is 0. The largest absolute Gasteiger partial charge is 0.399 e. The van der Waals surface area contributed by atoms with Crippen molar-refractivity contribution >= 4 is 15.7 Å². The van der Waals surface area contributed by atoms with Crippen LogP contribution in [0.2, 0.25) is 0 Å². The van der Waals surface area contributed by atoms with Gasteiger partial charge in [-0.2, -0.15) is 0 Å². The Bertz CT molecular complexity index is 552. The molecule has 0 aromatic heterocycles. The normalized spacial score (nSPS) is 17.2. The van der Waals surface area contributed by atoms with Crippen LogP contribution >= 0.6 is 0 Å². The number of rotatable bonds is 5.